The molecule has 0 aliphatic rings. The molecule has 0 fully saturated rings. The standard InChI is InChI=1S/C25H26F3N9O3/c26-25(27,28)19-6-7-29-20(11-19)13-31-24(40)22-15-37(35-33-22)9-2-1-8-36-14-21(32-34-36)23(39)30-12-17-4-3-5-18(10-17)16-38/h3-7,10-11,14-15,38H,1-2,8-9,12-13,16H2,(H,30,39)(H,31,40). The number of nitrogens with one attached hydrogen (secondary N) is 2. The Bertz CT molecular complexity index is 1450. The summed E-state index contributed by atoms with van der Waals surface area (Å²) in [5.74, 6) is -0.946. The largest absolute Gasteiger partial charge is 0.416 e. The minimum Gasteiger partial charge on any atom is -0.392 e. The number of carbonyl (C=O) groups excluding carboxylic acids is 2. The molecular weight excluding hydrogens is 531 g/mol. The minimum atomic E-state index is -4.50. The summed E-state index contributed by atoms with van der Waals surface area (Å²) in [6, 6.07) is 8.99. The van der Waals surface area contributed by atoms with Crippen molar-refractivity contribution in [1.82, 2.24) is 45.6 Å². The number of hydrogen-bond donors (Lipinski definition) is 3. The Morgan fingerprint density at radius 3 is 2.05 bits per heavy atom. The predicted molar refractivity (Wildman–Crippen MR) is 133 cm³/mol. The van der Waals surface area contributed by atoms with Crippen molar-refractivity contribution in [3.63, 3.8) is 0 Å². The minimum absolute atomic E-state index is 0.0296. The van der Waals surface area contributed by atoms with E-state index in [-0.39, 0.29) is 36.1 Å². The topological polar surface area (TPSA) is 153 Å². The molecule has 0 radical (unpaired) electrons. The van der Waals surface area contributed by atoms with Gasteiger partial charge in [-0.25, -0.2) is 0 Å². The van der Waals surface area contributed by atoms with Crippen molar-refractivity contribution in [2.45, 2.75) is 51.8 Å². The highest BCUT2D eigenvalue weighted by atomic mass is 19.4. The van der Waals surface area contributed by atoms with Crippen LogP contribution in [0, 0.1) is 0 Å². The van der Waals surface area contributed by atoms with Crippen LogP contribution in [0.2, 0.25) is 0 Å². The number of unbranched alkanes of at least 4 members (excludes halogenated alkanes) is 1. The summed E-state index contributed by atoms with van der Waals surface area (Å²) >= 11 is 0. The van der Waals surface area contributed by atoms with Crippen LogP contribution >= 0.6 is 0 Å². The lowest BCUT2D eigenvalue weighted by atomic mass is 10.1. The van der Waals surface area contributed by atoms with Gasteiger partial charge in [-0.05, 0) is 36.1 Å². The van der Waals surface area contributed by atoms with Crippen LogP contribution in [-0.2, 0) is 39.0 Å². The highest BCUT2D eigenvalue weighted by Gasteiger charge is 2.30. The van der Waals surface area contributed by atoms with Crippen molar-refractivity contribution < 1.29 is 27.9 Å². The first kappa shape index (κ1) is 28.4. The molecule has 3 aromatic heterocycles. The van der Waals surface area contributed by atoms with Crippen molar-refractivity contribution in [1.29, 1.82) is 0 Å². The van der Waals surface area contributed by atoms with Gasteiger partial charge in [0.25, 0.3) is 11.8 Å². The zero-order chi connectivity index (χ0) is 28.5. The first-order valence-electron chi connectivity index (χ1n) is 12.3. The smallest absolute Gasteiger partial charge is 0.392 e. The van der Waals surface area contributed by atoms with Gasteiger partial charge < -0.3 is 15.7 Å². The van der Waals surface area contributed by atoms with Crippen molar-refractivity contribution in [3.8, 4) is 0 Å². The summed E-state index contributed by atoms with van der Waals surface area (Å²) in [6.45, 7) is 0.993. The fraction of sp³-hybridized carbons (Fsp3) is 0.320. The van der Waals surface area contributed by atoms with Gasteiger partial charge in [-0.15, -0.1) is 10.2 Å². The molecule has 0 aliphatic heterocycles. The lowest BCUT2D eigenvalue weighted by Gasteiger charge is -2.08. The molecule has 0 saturated heterocycles. The van der Waals surface area contributed by atoms with E-state index in [0.29, 0.717) is 32.5 Å². The Kier molecular flexibility index (Phi) is 9.16. The molecule has 210 valence electrons. The molecule has 0 saturated carbocycles. The number of aromatic nitrogens is 7. The SMILES string of the molecule is O=C(NCc1cccc(CO)c1)c1cn(CCCCn2cc(C(=O)NCc3cc(C(F)(F)F)ccn3)nn2)nn1. The van der Waals surface area contributed by atoms with E-state index >= 15 is 0 Å². The third-order valence-electron chi connectivity index (χ3n) is 5.77. The van der Waals surface area contributed by atoms with E-state index in [1.54, 1.807) is 29.1 Å². The number of alkyl halides is 3. The Labute approximate surface area is 226 Å². The van der Waals surface area contributed by atoms with Gasteiger partial charge in [-0.3, -0.25) is 23.9 Å². The van der Waals surface area contributed by atoms with Gasteiger partial charge in [0.2, 0.25) is 0 Å². The van der Waals surface area contributed by atoms with E-state index in [1.165, 1.54) is 10.9 Å². The van der Waals surface area contributed by atoms with E-state index in [9.17, 15) is 27.9 Å². The first-order chi connectivity index (χ1) is 19.2. The summed E-state index contributed by atoms with van der Waals surface area (Å²) in [4.78, 5) is 28.5. The number of halogens is 3. The first-order valence-corrected chi connectivity index (χ1v) is 12.3. The van der Waals surface area contributed by atoms with Crippen molar-refractivity contribution in [2.24, 2.45) is 0 Å². The van der Waals surface area contributed by atoms with E-state index in [0.717, 1.165) is 29.5 Å². The van der Waals surface area contributed by atoms with Gasteiger partial charge in [0.05, 0.1) is 36.8 Å². The fourth-order valence-electron chi connectivity index (χ4n) is 3.69. The monoisotopic (exact) mass is 557 g/mol. The van der Waals surface area contributed by atoms with Crippen LogP contribution in [0.3, 0.4) is 0 Å². The number of aliphatic hydroxyl groups excluding tert-OH is 1. The van der Waals surface area contributed by atoms with Crippen LogP contribution in [0.15, 0.2) is 55.0 Å². The third kappa shape index (κ3) is 7.92. The maximum absolute atomic E-state index is 12.8. The number of aryl methyl sites for hydroxylation is 2. The lowest BCUT2D eigenvalue weighted by molar-refractivity contribution is -0.137. The summed E-state index contributed by atoms with van der Waals surface area (Å²) in [5.41, 5.74) is 1.05. The maximum atomic E-state index is 12.8. The van der Waals surface area contributed by atoms with Crippen LogP contribution in [0.5, 0.6) is 0 Å². The number of aliphatic hydroxyl groups is 1. The summed E-state index contributed by atoms with van der Waals surface area (Å²) < 4.78 is 41.5. The Morgan fingerprint density at radius 1 is 0.850 bits per heavy atom. The molecule has 0 spiro atoms. The number of benzene rings is 1. The number of amides is 2. The maximum Gasteiger partial charge on any atom is 0.416 e. The average molecular weight is 558 g/mol. The molecule has 0 bridgehead atoms. The van der Waals surface area contributed by atoms with Gasteiger partial charge in [0.1, 0.15) is 0 Å². The molecule has 0 atom stereocenters. The molecule has 40 heavy (non-hydrogen) atoms. The Balaban J connectivity index is 1.17. The van der Waals surface area contributed by atoms with E-state index in [1.807, 2.05) is 6.07 Å². The van der Waals surface area contributed by atoms with Crippen LogP contribution < -0.4 is 10.6 Å². The van der Waals surface area contributed by atoms with Gasteiger partial charge in [-0.2, -0.15) is 13.2 Å². The molecule has 12 nitrogen and oxygen atoms in total. The normalized spacial score (nSPS) is 11.4. The highest BCUT2D eigenvalue weighted by molar-refractivity contribution is 5.92. The van der Waals surface area contributed by atoms with Crippen molar-refractivity contribution in [3.05, 3.63) is 88.8 Å². The predicted octanol–water partition coefficient (Wildman–Crippen LogP) is 2.12. The number of pyridine rings is 1. The Morgan fingerprint density at radius 2 is 1.45 bits per heavy atom. The molecule has 0 aliphatic carbocycles. The van der Waals surface area contributed by atoms with Crippen molar-refractivity contribution in [2.75, 3.05) is 0 Å². The Hall–Kier alpha value is -4.66. The molecule has 1 aromatic carbocycles. The van der Waals surface area contributed by atoms with E-state index < -0.39 is 17.6 Å². The number of nitrogens with zero attached hydrogens (tertiary/aromatic N) is 7. The molecule has 3 N–H and O–H groups in total. The van der Waals surface area contributed by atoms with Crippen LogP contribution in [0.1, 0.15) is 56.2 Å². The fourth-order valence-corrected chi connectivity index (χ4v) is 3.69. The number of carbonyl (C=O) groups is 2. The van der Waals surface area contributed by atoms with Gasteiger partial charge in [0.15, 0.2) is 11.4 Å². The molecule has 15 heteroatoms. The molecule has 0 unspecified atom stereocenters. The van der Waals surface area contributed by atoms with Crippen LogP contribution in [0.4, 0.5) is 13.2 Å². The summed E-state index contributed by atoms with van der Waals surface area (Å²) in [6.07, 6.45) is 0.891. The molecule has 4 aromatic rings. The molecule has 4 rings (SSSR count). The summed E-state index contributed by atoms with van der Waals surface area (Å²) in [7, 11) is 0. The van der Waals surface area contributed by atoms with E-state index in [2.05, 4.69) is 36.2 Å². The molecular formula is C25H26F3N9O3. The summed E-state index contributed by atoms with van der Waals surface area (Å²) in [5, 5.41) is 30.1. The van der Waals surface area contributed by atoms with Crippen LogP contribution in [0.25, 0.3) is 0 Å². The lowest BCUT2D eigenvalue weighted by Crippen LogP contribution is -2.24. The molecule has 3 heterocycles. The van der Waals surface area contributed by atoms with Crippen molar-refractivity contribution >= 4 is 11.8 Å². The second-order valence-corrected chi connectivity index (χ2v) is 8.82. The van der Waals surface area contributed by atoms with Gasteiger partial charge >= 0.3 is 6.18 Å². The zero-order valence-electron chi connectivity index (χ0n) is 21.2. The average Bonchev–Trinajstić information content (AvgIpc) is 3.63. The highest BCUT2D eigenvalue weighted by Crippen LogP contribution is 2.28. The van der Waals surface area contributed by atoms with Gasteiger partial charge in [0, 0.05) is 25.8 Å². The molecule has 2 amide bonds. The number of rotatable bonds is 12. The van der Waals surface area contributed by atoms with Gasteiger partial charge in [-0.1, -0.05) is 34.7 Å². The third-order valence-corrected chi connectivity index (χ3v) is 5.77. The second kappa shape index (κ2) is 12.9. The second-order valence-electron chi connectivity index (χ2n) is 8.82. The zero-order valence-corrected chi connectivity index (χ0v) is 21.2. The quantitative estimate of drug-likeness (QED) is 0.224. The van der Waals surface area contributed by atoms with Crippen LogP contribution in [-0.4, -0.2) is 51.9 Å². The number of hydrogen-bond acceptors (Lipinski definition) is 8. The van der Waals surface area contributed by atoms with E-state index in [4.69, 9.17) is 0 Å².